The maximum absolute atomic E-state index is 12.5. The van der Waals surface area contributed by atoms with E-state index in [1.54, 1.807) is 0 Å². The first-order valence-electron chi connectivity index (χ1n) is 12.3. The molecule has 4 aliphatic carbocycles. The molecule has 0 saturated heterocycles. The largest absolute Gasteiger partial charge is 0.377 e. The molecule has 24 heavy (non-hydrogen) atoms. The summed E-state index contributed by atoms with van der Waals surface area (Å²) in [5.74, 6) is -1.32. The lowest BCUT2D eigenvalue weighted by Crippen LogP contribution is -2.54. The summed E-state index contributed by atoms with van der Waals surface area (Å²) in [5, 5.41) is 11.4. The van der Waals surface area contributed by atoms with Crippen LogP contribution in [-0.4, -0.2) is 16.5 Å². The van der Waals surface area contributed by atoms with Crippen LogP contribution in [-0.2, 0) is 4.79 Å². The molecule has 3 fully saturated rings. The van der Waals surface area contributed by atoms with Crippen LogP contribution < -0.4 is 0 Å². The average molecular weight is 332 g/mol. The number of carbonyl (C=O) groups excluding carboxylic acids is 1. The molecule has 6 atom stereocenters. The van der Waals surface area contributed by atoms with Crippen LogP contribution in [0.3, 0.4) is 0 Å². The molecule has 0 aromatic carbocycles. The Morgan fingerprint density at radius 2 is 2.42 bits per heavy atom. The van der Waals surface area contributed by atoms with E-state index in [2.05, 4.69) is 18.9 Å². The van der Waals surface area contributed by atoms with Gasteiger partial charge in [-0.25, -0.2) is 0 Å². The summed E-state index contributed by atoms with van der Waals surface area (Å²) in [6.07, 6.45) is -1.09. The second-order valence-electron chi connectivity index (χ2n) is 7.71. The Balaban J connectivity index is 1.91. The number of fused-ring (bicyclic) bond motifs is 5. The van der Waals surface area contributed by atoms with Crippen molar-refractivity contribution in [2.45, 2.75) is 63.8 Å². The Bertz CT molecular complexity index is 961. The smallest absolute Gasteiger partial charge is 0.155 e. The van der Waals surface area contributed by atoms with Gasteiger partial charge in [-0.3, -0.25) is 4.79 Å². The van der Waals surface area contributed by atoms with Crippen LogP contribution in [0.5, 0.6) is 0 Å². The highest BCUT2D eigenvalue weighted by atomic mass is 16.3. The highest BCUT2D eigenvalue weighted by Gasteiger charge is 2.64. The zero-order valence-corrected chi connectivity index (χ0v) is 14.0. The molecule has 0 spiro atoms. The van der Waals surface area contributed by atoms with Crippen molar-refractivity contribution < 1.29 is 19.5 Å². The van der Waals surface area contributed by atoms with E-state index in [1.807, 2.05) is 6.92 Å². The van der Waals surface area contributed by atoms with E-state index in [1.165, 1.54) is 0 Å². The van der Waals surface area contributed by atoms with Gasteiger partial charge >= 0.3 is 0 Å². The van der Waals surface area contributed by atoms with Gasteiger partial charge in [0.15, 0.2) is 5.78 Å². The maximum atomic E-state index is 12.5. The van der Waals surface area contributed by atoms with Crippen molar-refractivity contribution in [1.29, 1.82) is 0 Å². The van der Waals surface area contributed by atoms with Gasteiger partial charge in [0.1, 0.15) is 6.97 Å². The molecule has 2 heteroatoms. The summed E-state index contributed by atoms with van der Waals surface area (Å²) in [7, 11) is 0. The summed E-state index contributed by atoms with van der Waals surface area (Å²) in [6, 6.07) is -0.710. The number of aliphatic hydroxyl groups is 1. The molecule has 0 aromatic rings. The van der Waals surface area contributed by atoms with Crippen LogP contribution in [0.25, 0.3) is 0 Å². The fourth-order valence-corrected chi connectivity index (χ4v) is 5.92. The first kappa shape index (κ1) is 9.97. The average Bonchev–Trinajstić information content (AvgIpc) is 2.91. The number of ketones is 1. The first-order valence-corrected chi connectivity index (χ1v) is 8.81. The number of terminal acetylenes is 1. The molecule has 4 aliphatic rings. The third-order valence-electron chi connectivity index (χ3n) is 7.00. The highest BCUT2D eigenvalue weighted by Crippen LogP contribution is 2.67. The lowest BCUT2D eigenvalue weighted by atomic mass is 9.48. The van der Waals surface area contributed by atoms with E-state index < -0.39 is 59.7 Å². The molecule has 0 unspecified atom stereocenters. The SMILES string of the molecule is [2H]C#C[C@]1(O)CC[C@H]2[C@@H]3CC([2H])([2H])C4=C([2H])C(=O)C([2H])([2H])C[C@]4([2H])[C@H]3C(=C)C[C@@]21CC. The molecular formula is C22H28O2. The van der Waals surface area contributed by atoms with Crippen LogP contribution >= 0.6 is 0 Å². The summed E-state index contributed by atoms with van der Waals surface area (Å²) < 4.78 is 58.7. The van der Waals surface area contributed by atoms with Gasteiger partial charge in [0.05, 0.1) is 1.37 Å². The molecule has 4 rings (SSSR count). The monoisotopic (exact) mass is 331 g/mol. The Kier molecular flexibility index (Phi) is 2.22. The van der Waals surface area contributed by atoms with Crippen LogP contribution in [0.2, 0.25) is 0 Å². The zero-order chi connectivity index (χ0) is 23.2. The molecular weight excluding hydrogens is 296 g/mol. The van der Waals surface area contributed by atoms with Crippen LogP contribution in [0, 0.1) is 41.4 Å². The Hall–Kier alpha value is -1.33. The number of carbonyl (C=O) groups is 1. The van der Waals surface area contributed by atoms with Crippen molar-refractivity contribution in [3.8, 4) is 12.3 Å². The first-order chi connectivity index (χ1) is 14.2. The standard InChI is InChI=1S/C22H28O2/c1-4-21-13-14(3)20-17-9-7-16(23)12-15(17)6-8-18(20)19(21)10-11-22(21,24)5-2/h2,12,17-20,24H,3-4,6-11,13H2,1H3/t17-,18-,19-,20+,21-,22-/m0/s1/i2D,6D2,7D2,12D,17D. The molecule has 0 aliphatic heterocycles. The summed E-state index contributed by atoms with van der Waals surface area (Å²) in [6.45, 7) is 6.16. The third kappa shape index (κ3) is 1.91. The predicted molar refractivity (Wildman–Crippen MR) is 95.0 cm³/mol. The number of hydrogen-bond donors (Lipinski definition) is 1. The van der Waals surface area contributed by atoms with Crippen molar-refractivity contribution >= 4 is 5.78 Å². The van der Waals surface area contributed by atoms with E-state index in [0.29, 0.717) is 31.3 Å². The van der Waals surface area contributed by atoms with Crippen molar-refractivity contribution in [2.24, 2.45) is 29.1 Å². The van der Waals surface area contributed by atoms with Gasteiger partial charge in [-0.15, -0.1) is 6.40 Å². The Morgan fingerprint density at radius 3 is 3.17 bits per heavy atom. The lowest BCUT2D eigenvalue weighted by Gasteiger charge is -2.56. The number of hydrogen-bond acceptors (Lipinski definition) is 2. The lowest BCUT2D eigenvalue weighted by molar-refractivity contribution is -0.116. The molecule has 0 heterocycles. The van der Waals surface area contributed by atoms with Gasteiger partial charge in [0.25, 0.3) is 0 Å². The summed E-state index contributed by atoms with van der Waals surface area (Å²) >= 11 is 0. The van der Waals surface area contributed by atoms with E-state index >= 15 is 0 Å². The van der Waals surface area contributed by atoms with Crippen LogP contribution in [0.15, 0.2) is 23.8 Å². The number of allylic oxidation sites excluding steroid dienone is 2. The quantitative estimate of drug-likeness (QED) is 0.581. The Labute approximate surface area is 155 Å². The van der Waals surface area contributed by atoms with Crippen LogP contribution in [0.1, 0.15) is 67.8 Å². The van der Waals surface area contributed by atoms with Gasteiger partial charge < -0.3 is 5.11 Å². The van der Waals surface area contributed by atoms with Gasteiger partial charge in [0, 0.05) is 18.6 Å². The molecule has 0 aromatic heterocycles. The third-order valence-corrected chi connectivity index (χ3v) is 7.00. The molecule has 0 radical (unpaired) electrons. The molecule has 3 saturated carbocycles. The zero-order valence-electron chi connectivity index (χ0n) is 21.0. The van der Waals surface area contributed by atoms with E-state index in [4.69, 9.17) is 8.22 Å². The molecule has 2 nitrogen and oxygen atoms in total. The van der Waals surface area contributed by atoms with E-state index in [9.17, 15) is 11.3 Å². The van der Waals surface area contributed by atoms with Crippen molar-refractivity contribution in [3.05, 3.63) is 23.8 Å². The predicted octanol–water partition coefficient (Wildman–Crippen LogP) is 4.05. The molecule has 1 N–H and O–H groups in total. The summed E-state index contributed by atoms with van der Waals surface area (Å²) in [4.78, 5) is 12.5. The fourth-order valence-electron chi connectivity index (χ4n) is 5.92. The minimum atomic E-state index is -2.41. The fraction of sp³-hybridized carbons (Fsp3) is 0.682. The van der Waals surface area contributed by atoms with Crippen molar-refractivity contribution in [2.75, 3.05) is 0 Å². The minimum Gasteiger partial charge on any atom is -0.377 e. The van der Waals surface area contributed by atoms with Crippen molar-refractivity contribution in [3.63, 3.8) is 0 Å². The van der Waals surface area contributed by atoms with Gasteiger partial charge in [-0.1, -0.05) is 30.6 Å². The Morgan fingerprint density at radius 1 is 1.58 bits per heavy atom. The van der Waals surface area contributed by atoms with Crippen LogP contribution in [0.4, 0.5) is 0 Å². The normalized spacial score (nSPS) is 58.9. The second-order valence-corrected chi connectivity index (χ2v) is 7.71. The molecule has 0 bridgehead atoms. The van der Waals surface area contributed by atoms with Gasteiger partial charge in [-0.2, -0.15) is 0 Å². The van der Waals surface area contributed by atoms with Gasteiger partial charge in [-0.05, 0) is 74.6 Å². The van der Waals surface area contributed by atoms with Gasteiger partial charge in [0.2, 0.25) is 0 Å². The van der Waals surface area contributed by atoms with Crippen molar-refractivity contribution in [1.82, 2.24) is 0 Å². The molecule has 128 valence electrons. The van der Waals surface area contributed by atoms with E-state index in [-0.39, 0.29) is 17.9 Å². The second kappa shape index (κ2) is 5.33. The summed E-state index contributed by atoms with van der Waals surface area (Å²) in [5.41, 5.74) is -1.69. The van der Waals surface area contributed by atoms with E-state index in [0.717, 1.165) is 0 Å². The highest BCUT2D eigenvalue weighted by molar-refractivity contribution is 5.91. The topological polar surface area (TPSA) is 37.3 Å². The minimum absolute atomic E-state index is 0.0118. The molecule has 0 amide bonds. The maximum Gasteiger partial charge on any atom is 0.155 e. The number of rotatable bonds is 1.